The molecule has 1 fully saturated rings. The molecule has 2 aromatic rings. The number of hydrazine groups is 1. The Kier molecular flexibility index (Phi) is 5.38. The van der Waals surface area contributed by atoms with Gasteiger partial charge in [-0.15, -0.1) is 0 Å². The van der Waals surface area contributed by atoms with Crippen molar-refractivity contribution in [3.63, 3.8) is 0 Å². The van der Waals surface area contributed by atoms with Gasteiger partial charge in [0.2, 0.25) is 0 Å². The number of nitrogens with two attached hydrogens (primary N) is 1. The summed E-state index contributed by atoms with van der Waals surface area (Å²) in [5, 5.41) is 2.78. The number of aromatic nitrogens is 1. The highest BCUT2D eigenvalue weighted by Crippen LogP contribution is 2.16. The number of Topliss-reactive ketones (excluding diaryl/α,β-unsaturated/α-hetero) is 1. The van der Waals surface area contributed by atoms with E-state index in [9.17, 15) is 4.79 Å². The molecule has 1 aromatic heterocycles. The fourth-order valence-electron chi connectivity index (χ4n) is 2.15. The molecule has 1 saturated heterocycles. The van der Waals surface area contributed by atoms with E-state index in [4.69, 9.17) is 10.6 Å². The second-order valence-corrected chi connectivity index (χ2v) is 5.02. The van der Waals surface area contributed by atoms with Crippen molar-refractivity contribution in [3.8, 4) is 0 Å². The first-order chi connectivity index (χ1) is 10.1. The summed E-state index contributed by atoms with van der Waals surface area (Å²) >= 11 is 0. The van der Waals surface area contributed by atoms with Crippen molar-refractivity contribution in [1.29, 1.82) is 0 Å². The van der Waals surface area contributed by atoms with E-state index in [1.165, 1.54) is 0 Å². The van der Waals surface area contributed by atoms with Gasteiger partial charge in [0.1, 0.15) is 0 Å². The highest BCUT2D eigenvalue weighted by atomic mass is 16.5. The van der Waals surface area contributed by atoms with Gasteiger partial charge in [0.05, 0.1) is 18.7 Å². The maximum absolute atomic E-state index is 11.3. The van der Waals surface area contributed by atoms with Gasteiger partial charge < -0.3 is 4.74 Å². The predicted molar refractivity (Wildman–Crippen MR) is 83.1 cm³/mol. The summed E-state index contributed by atoms with van der Waals surface area (Å²) in [4.78, 5) is 15.6. The standard InChI is InChI=1S/C12H11NO.C4H10N2O/c1-8-11(9(2)14)7-10-5-3-4-6-12(10)13-8;5-6-1-3-7-4-2-6/h3-7H,1-2H3;1-5H2. The minimum absolute atomic E-state index is 0.0701. The molecular formula is C16H21N3O2. The summed E-state index contributed by atoms with van der Waals surface area (Å²) < 4.78 is 5.02. The van der Waals surface area contributed by atoms with Gasteiger partial charge in [0.25, 0.3) is 0 Å². The molecule has 0 unspecified atom stereocenters. The lowest BCUT2D eigenvalue weighted by Crippen LogP contribution is -2.41. The van der Waals surface area contributed by atoms with Gasteiger partial charge >= 0.3 is 0 Å². The Balaban J connectivity index is 0.000000194. The Bertz CT molecular complexity index is 622. The number of carbonyl (C=O) groups is 1. The highest BCUT2D eigenvalue weighted by molar-refractivity contribution is 5.98. The van der Waals surface area contributed by atoms with E-state index in [-0.39, 0.29) is 5.78 Å². The third kappa shape index (κ3) is 4.32. The zero-order valence-electron chi connectivity index (χ0n) is 12.5. The molecule has 0 saturated carbocycles. The van der Waals surface area contributed by atoms with Crippen LogP contribution in [0.1, 0.15) is 23.0 Å². The van der Waals surface area contributed by atoms with Gasteiger partial charge in [-0.25, -0.2) is 5.01 Å². The minimum Gasteiger partial charge on any atom is -0.379 e. The first-order valence-corrected chi connectivity index (χ1v) is 7.02. The topological polar surface area (TPSA) is 68.5 Å². The number of rotatable bonds is 1. The number of para-hydroxylation sites is 1. The van der Waals surface area contributed by atoms with E-state index in [0.29, 0.717) is 5.56 Å². The second-order valence-electron chi connectivity index (χ2n) is 5.02. The Morgan fingerprint density at radius 2 is 1.95 bits per heavy atom. The lowest BCUT2D eigenvalue weighted by Gasteiger charge is -2.20. The molecule has 5 heteroatoms. The SMILES string of the molecule is CC(=O)c1cc2ccccc2nc1C.NN1CCOCC1. The number of nitrogens with zero attached hydrogens (tertiary/aromatic N) is 2. The summed E-state index contributed by atoms with van der Waals surface area (Å²) in [6.45, 7) is 6.76. The normalized spacial score (nSPS) is 15.4. The zero-order chi connectivity index (χ0) is 15.2. The predicted octanol–water partition coefficient (Wildman–Crippen LogP) is 1.94. The zero-order valence-corrected chi connectivity index (χ0v) is 12.5. The first kappa shape index (κ1) is 15.6. The van der Waals surface area contributed by atoms with E-state index in [1.54, 1.807) is 11.9 Å². The molecule has 21 heavy (non-hydrogen) atoms. The quantitative estimate of drug-likeness (QED) is 0.641. The van der Waals surface area contributed by atoms with Gasteiger partial charge in [0.15, 0.2) is 5.78 Å². The van der Waals surface area contributed by atoms with Crippen LogP contribution in [0.4, 0.5) is 0 Å². The molecule has 0 atom stereocenters. The molecule has 1 aliphatic heterocycles. The van der Waals surface area contributed by atoms with Gasteiger partial charge in [-0.2, -0.15) is 0 Å². The lowest BCUT2D eigenvalue weighted by atomic mass is 10.1. The van der Waals surface area contributed by atoms with Crippen molar-refractivity contribution in [2.75, 3.05) is 26.3 Å². The molecule has 0 aliphatic carbocycles. The summed E-state index contributed by atoms with van der Waals surface area (Å²) in [6.07, 6.45) is 0. The minimum atomic E-state index is 0.0701. The summed E-state index contributed by atoms with van der Waals surface area (Å²) in [5.74, 6) is 5.46. The van der Waals surface area contributed by atoms with Crippen molar-refractivity contribution in [1.82, 2.24) is 9.99 Å². The average molecular weight is 287 g/mol. The molecule has 112 valence electrons. The maximum Gasteiger partial charge on any atom is 0.161 e. The largest absolute Gasteiger partial charge is 0.379 e. The van der Waals surface area contributed by atoms with E-state index >= 15 is 0 Å². The van der Waals surface area contributed by atoms with Crippen LogP contribution in [-0.4, -0.2) is 42.1 Å². The van der Waals surface area contributed by atoms with Crippen molar-refractivity contribution in [3.05, 3.63) is 41.6 Å². The third-order valence-electron chi connectivity index (χ3n) is 3.34. The number of carbonyl (C=O) groups excluding carboxylic acids is 1. The Morgan fingerprint density at radius 1 is 1.29 bits per heavy atom. The van der Waals surface area contributed by atoms with Crippen LogP contribution in [0.5, 0.6) is 0 Å². The fourth-order valence-corrected chi connectivity index (χ4v) is 2.15. The van der Waals surface area contributed by atoms with Crippen LogP contribution in [-0.2, 0) is 4.74 Å². The number of hydrogen-bond donors (Lipinski definition) is 1. The lowest BCUT2D eigenvalue weighted by molar-refractivity contribution is 0.0378. The van der Waals surface area contributed by atoms with Crippen LogP contribution in [0.3, 0.4) is 0 Å². The van der Waals surface area contributed by atoms with Gasteiger partial charge in [-0.05, 0) is 26.0 Å². The number of pyridine rings is 1. The Morgan fingerprint density at radius 3 is 2.52 bits per heavy atom. The summed E-state index contributed by atoms with van der Waals surface area (Å²) in [7, 11) is 0. The van der Waals surface area contributed by atoms with Gasteiger partial charge in [0, 0.05) is 29.7 Å². The van der Waals surface area contributed by atoms with Crippen molar-refractivity contribution >= 4 is 16.7 Å². The van der Waals surface area contributed by atoms with E-state index in [0.717, 1.165) is 42.9 Å². The maximum atomic E-state index is 11.3. The number of ketones is 1. The van der Waals surface area contributed by atoms with Gasteiger partial charge in [-0.3, -0.25) is 15.6 Å². The molecule has 5 nitrogen and oxygen atoms in total. The molecule has 2 heterocycles. The molecule has 2 N–H and O–H groups in total. The summed E-state index contributed by atoms with van der Waals surface area (Å²) in [5.41, 5.74) is 2.45. The van der Waals surface area contributed by atoms with Crippen molar-refractivity contribution in [2.45, 2.75) is 13.8 Å². The van der Waals surface area contributed by atoms with E-state index < -0.39 is 0 Å². The van der Waals surface area contributed by atoms with Gasteiger partial charge in [-0.1, -0.05) is 18.2 Å². The third-order valence-corrected chi connectivity index (χ3v) is 3.34. The number of hydrogen-bond acceptors (Lipinski definition) is 5. The van der Waals surface area contributed by atoms with Crippen molar-refractivity contribution < 1.29 is 9.53 Å². The molecule has 1 aliphatic rings. The van der Waals surface area contributed by atoms with Crippen LogP contribution in [0, 0.1) is 6.92 Å². The van der Waals surface area contributed by atoms with Crippen LogP contribution >= 0.6 is 0 Å². The molecule has 0 spiro atoms. The number of fused-ring (bicyclic) bond motifs is 1. The van der Waals surface area contributed by atoms with Crippen LogP contribution in [0.25, 0.3) is 10.9 Å². The van der Waals surface area contributed by atoms with E-state index in [2.05, 4.69) is 4.98 Å². The van der Waals surface area contributed by atoms with Crippen LogP contribution in [0.2, 0.25) is 0 Å². The number of aryl methyl sites for hydroxylation is 1. The Labute approximate surface area is 124 Å². The molecule has 3 rings (SSSR count). The second kappa shape index (κ2) is 7.26. The van der Waals surface area contributed by atoms with Crippen LogP contribution < -0.4 is 5.84 Å². The highest BCUT2D eigenvalue weighted by Gasteiger charge is 2.06. The molecule has 0 radical (unpaired) electrons. The molecule has 0 bridgehead atoms. The smallest absolute Gasteiger partial charge is 0.161 e. The fraction of sp³-hybridized carbons (Fsp3) is 0.375. The first-order valence-electron chi connectivity index (χ1n) is 7.02. The number of morpholine rings is 1. The van der Waals surface area contributed by atoms with Crippen molar-refractivity contribution in [2.24, 2.45) is 5.84 Å². The molecule has 0 amide bonds. The average Bonchev–Trinajstić information content (AvgIpc) is 2.47. The summed E-state index contributed by atoms with van der Waals surface area (Å²) in [6, 6.07) is 9.71. The Hall–Kier alpha value is -1.82. The van der Waals surface area contributed by atoms with E-state index in [1.807, 2.05) is 37.3 Å². The molecular weight excluding hydrogens is 266 g/mol. The number of benzene rings is 1. The monoisotopic (exact) mass is 287 g/mol. The van der Waals surface area contributed by atoms with Crippen LogP contribution in [0.15, 0.2) is 30.3 Å². The molecule has 1 aromatic carbocycles. The number of ether oxygens (including phenoxy) is 1.